The zero-order valence-electron chi connectivity index (χ0n) is 13.2. The molecule has 0 fully saturated rings. The number of rotatable bonds is 12. The van der Waals surface area contributed by atoms with E-state index in [0.717, 1.165) is 6.42 Å². The fraction of sp³-hybridized carbons (Fsp3) is 0.789. The maximum absolute atomic E-state index is 3.10. The molecule has 0 amide bonds. The van der Waals surface area contributed by atoms with Crippen molar-refractivity contribution in [3.63, 3.8) is 0 Å². The molecular weight excluding hydrogens is 228 g/mol. The van der Waals surface area contributed by atoms with E-state index in [1.54, 1.807) is 0 Å². The number of hydrogen-bond acceptors (Lipinski definition) is 0. The predicted octanol–water partition coefficient (Wildman–Crippen LogP) is 6.10. The Hall–Kier alpha value is -0.880. The second kappa shape index (κ2) is 17.1. The molecule has 0 saturated heterocycles. The van der Waals surface area contributed by atoms with Crippen LogP contribution in [0.5, 0.6) is 0 Å². The van der Waals surface area contributed by atoms with Crippen LogP contribution in [-0.2, 0) is 0 Å². The average molecular weight is 260 g/mol. The minimum absolute atomic E-state index is 1.02. The fourth-order valence-corrected chi connectivity index (χ4v) is 2.22. The van der Waals surface area contributed by atoms with Gasteiger partial charge < -0.3 is 0 Å². The van der Waals surface area contributed by atoms with Crippen LogP contribution in [0, 0.1) is 23.7 Å². The molecule has 0 unspecified atom stereocenters. The van der Waals surface area contributed by atoms with Gasteiger partial charge in [-0.3, -0.25) is 0 Å². The third-order valence-electron chi connectivity index (χ3n) is 3.43. The molecule has 0 aliphatic rings. The molecule has 0 atom stereocenters. The number of hydrogen-bond donors (Lipinski definition) is 0. The van der Waals surface area contributed by atoms with Gasteiger partial charge in [-0.2, -0.15) is 0 Å². The normalized spacial score (nSPS) is 9.37. The van der Waals surface area contributed by atoms with E-state index in [-0.39, 0.29) is 0 Å². The predicted molar refractivity (Wildman–Crippen MR) is 86.9 cm³/mol. The largest absolute Gasteiger partial charge is 0.0925 e. The van der Waals surface area contributed by atoms with Crippen LogP contribution in [0.4, 0.5) is 0 Å². The van der Waals surface area contributed by atoms with E-state index in [1.807, 2.05) is 6.92 Å². The molecule has 0 N–H and O–H groups in total. The lowest BCUT2D eigenvalue weighted by atomic mass is 10.0. The van der Waals surface area contributed by atoms with Crippen molar-refractivity contribution in [2.45, 2.75) is 97.3 Å². The third-order valence-corrected chi connectivity index (χ3v) is 3.43. The van der Waals surface area contributed by atoms with E-state index >= 15 is 0 Å². The van der Waals surface area contributed by atoms with Gasteiger partial charge in [0.2, 0.25) is 0 Å². The van der Waals surface area contributed by atoms with Gasteiger partial charge in [0.15, 0.2) is 0 Å². The minimum atomic E-state index is 1.02. The van der Waals surface area contributed by atoms with Gasteiger partial charge in [0.05, 0.1) is 0 Å². The molecule has 0 heteroatoms. The van der Waals surface area contributed by atoms with Gasteiger partial charge in [-0.1, -0.05) is 89.4 Å². The summed E-state index contributed by atoms with van der Waals surface area (Å²) in [7, 11) is 0. The third kappa shape index (κ3) is 17.1. The van der Waals surface area contributed by atoms with Gasteiger partial charge in [0.25, 0.3) is 0 Å². The summed E-state index contributed by atoms with van der Waals surface area (Å²) >= 11 is 0. The summed E-state index contributed by atoms with van der Waals surface area (Å²) < 4.78 is 0. The molecule has 0 aromatic heterocycles. The Morgan fingerprint density at radius 3 is 1.53 bits per heavy atom. The molecule has 0 rings (SSSR count). The summed E-state index contributed by atoms with van der Waals surface area (Å²) in [5.41, 5.74) is 0. The second-order valence-corrected chi connectivity index (χ2v) is 5.32. The Morgan fingerprint density at radius 1 is 0.579 bits per heavy atom. The van der Waals surface area contributed by atoms with Gasteiger partial charge >= 0.3 is 0 Å². The van der Waals surface area contributed by atoms with Crippen molar-refractivity contribution >= 4 is 0 Å². The zero-order chi connectivity index (χ0) is 14.0. The van der Waals surface area contributed by atoms with Gasteiger partial charge in [-0.25, -0.2) is 0 Å². The monoisotopic (exact) mass is 260 g/mol. The fourth-order valence-electron chi connectivity index (χ4n) is 2.22. The molecule has 0 heterocycles. The van der Waals surface area contributed by atoms with Gasteiger partial charge in [-0.05, 0) is 25.2 Å². The summed E-state index contributed by atoms with van der Waals surface area (Å²) in [4.78, 5) is 0. The molecule has 0 nitrogen and oxygen atoms in total. The molecule has 19 heavy (non-hydrogen) atoms. The molecule has 0 aliphatic heterocycles. The average Bonchev–Trinajstić information content (AvgIpc) is 2.43. The van der Waals surface area contributed by atoms with E-state index in [2.05, 4.69) is 30.6 Å². The van der Waals surface area contributed by atoms with Crippen LogP contribution in [-0.4, -0.2) is 0 Å². The van der Waals surface area contributed by atoms with Crippen LogP contribution >= 0.6 is 0 Å². The number of unbranched alkanes of at least 4 members (excludes halogenated alkanes) is 12. The summed E-state index contributed by atoms with van der Waals surface area (Å²) in [6.07, 6.45) is 17.9. The van der Waals surface area contributed by atoms with E-state index in [9.17, 15) is 0 Å². The summed E-state index contributed by atoms with van der Waals surface area (Å²) in [6.45, 7) is 4.11. The van der Waals surface area contributed by atoms with Crippen LogP contribution in [0.2, 0.25) is 0 Å². The first-order chi connectivity index (χ1) is 9.41. The van der Waals surface area contributed by atoms with Crippen LogP contribution in [0.3, 0.4) is 0 Å². The van der Waals surface area contributed by atoms with Crippen molar-refractivity contribution in [3.8, 4) is 23.7 Å². The van der Waals surface area contributed by atoms with Crippen molar-refractivity contribution in [3.05, 3.63) is 0 Å². The zero-order valence-corrected chi connectivity index (χ0v) is 13.2. The highest BCUT2D eigenvalue weighted by atomic mass is 14.0. The van der Waals surface area contributed by atoms with Crippen LogP contribution < -0.4 is 0 Å². The Bertz CT molecular complexity index is 279. The maximum atomic E-state index is 3.10. The molecule has 0 spiro atoms. The first-order valence-corrected chi connectivity index (χ1v) is 8.31. The quantitative estimate of drug-likeness (QED) is 0.293. The molecule has 0 bridgehead atoms. The molecule has 0 aromatic carbocycles. The minimum Gasteiger partial charge on any atom is -0.0925 e. The lowest BCUT2D eigenvalue weighted by Gasteiger charge is -2.01. The first-order valence-electron chi connectivity index (χ1n) is 8.31. The first kappa shape index (κ1) is 18.1. The highest BCUT2D eigenvalue weighted by molar-refractivity contribution is 5.24. The van der Waals surface area contributed by atoms with E-state index in [1.165, 1.54) is 77.0 Å². The summed E-state index contributed by atoms with van der Waals surface area (Å²) in [5.74, 6) is 11.5. The Labute approximate surface area is 121 Å². The SMILES string of the molecule is CC#CC#CCCCCCCCCCCCCCC. The molecular formula is C19H32. The van der Waals surface area contributed by atoms with Crippen molar-refractivity contribution in [1.29, 1.82) is 0 Å². The lowest BCUT2D eigenvalue weighted by Crippen LogP contribution is -1.82. The highest BCUT2D eigenvalue weighted by Crippen LogP contribution is 2.12. The Balaban J connectivity index is 3.03. The van der Waals surface area contributed by atoms with Crippen molar-refractivity contribution < 1.29 is 0 Å². The molecule has 0 aromatic rings. The standard InChI is InChI=1S/C19H32/c1-3-5-7-9-11-13-15-17-19-18-16-14-12-10-8-6-4-2/h3,5,7,9,11-19H2,1-2H3. The van der Waals surface area contributed by atoms with Crippen molar-refractivity contribution in [2.75, 3.05) is 0 Å². The van der Waals surface area contributed by atoms with E-state index < -0.39 is 0 Å². The Morgan fingerprint density at radius 2 is 1.05 bits per heavy atom. The highest BCUT2D eigenvalue weighted by Gasteiger charge is 1.92. The van der Waals surface area contributed by atoms with Crippen LogP contribution in [0.25, 0.3) is 0 Å². The van der Waals surface area contributed by atoms with Gasteiger partial charge in [0.1, 0.15) is 0 Å². The molecule has 0 radical (unpaired) electrons. The maximum Gasteiger partial charge on any atom is 0.00989 e. The second-order valence-electron chi connectivity index (χ2n) is 5.32. The Kier molecular flexibility index (Phi) is 16.3. The van der Waals surface area contributed by atoms with E-state index in [0.29, 0.717) is 0 Å². The molecule has 0 saturated carbocycles. The van der Waals surface area contributed by atoms with Crippen molar-refractivity contribution in [1.82, 2.24) is 0 Å². The van der Waals surface area contributed by atoms with Gasteiger partial charge in [0, 0.05) is 6.42 Å². The van der Waals surface area contributed by atoms with Crippen LogP contribution in [0.15, 0.2) is 0 Å². The lowest BCUT2D eigenvalue weighted by molar-refractivity contribution is 0.545. The van der Waals surface area contributed by atoms with Gasteiger partial charge in [-0.15, -0.1) is 0 Å². The van der Waals surface area contributed by atoms with E-state index in [4.69, 9.17) is 0 Å². The topological polar surface area (TPSA) is 0 Å². The molecule has 0 aliphatic carbocycles. The van der Waals surface area contributed by atoms with Crippen molar-refractivity contribution in [2.24, 2.45) is 0 Å². The smallest absolute Gasteiger partial charge is 0.00989 e. The summed E-state index contributed by atoms with van der Waals surface area (Å²) in [5, 5.41) is 0. The summed E-state index contributed by atoms with van der Waals surface area (Å²) in [6, 6.07) is 0. The molecule has 108 valence electrons. The van der Waals surface area contributed by atoms with Crippen LogP contribution in [0.1, 0.15) is 97.3 Å².